The number of sulfonamides is 1. The summed E-state index contributed by atoms with van der Waals surface area (Å²) in [6.07, 6.45) is 3.20. The van der Waals surface area contributed by atoms with Gasteiger partial charge < -0.3 is 0 Å². The molecule has 0 saturated carbocycles. The van der Waals surface area contributed by atoms with E-state index < -0.39 is 10.0 Å². The lowest BCUT2D eigenvalue weighted by Crippen LogP contribution is -2.33. The van der Waals surface area contributed by atoms with Gasteiger partial charge in [0.2, 0.25) is 10.0 Å². The molecular formula is C21H30N4O3S2. The van der Waals surface area contributed by atoms with Gasteiger partial charge in [-0.15, -0.1) is 11.3 Å². The first-order valence-electron chi connectivity index (χ1n) is 10.4. The van der Waals surface area contributed by atoms with E-state index >= 15 is 0 Å². The van der Waals surface area contributed by atoms with Crippen molar-refractivity contribution in [2.75, 3.05) is 18.4 Å². The third-order valence-electron chi connectivity index (χ3n) is 5.29. The molecule has 1 aliphatic heterocycles. The van der Waals surface area contributed by atoms with Gasteiger partial charge in [-0.2, -0.15) is 0 Å². The predicted octanol–water partition coefficient (Wildman–Crippen LogP) is 3.70. The minimum absolute atomic E-state index is 0.145. The molecule has 2 heterocycles. The van der Waals surface area contributed by atoms with Crippen LogP contribution in [0.4, 0.5) is 5.13 Å². The van der Waals surface area contributed by atoms with Gasteiger partial charge in [0.1, 0.15) is 0 Å². The Morgan fingerprint density at radius 1 is 1.33 bits per heavy atom. The summed E-state index contributed by atoms with van der Waals surface area (Å²) in [4.78, 5) is 19.6. The summed E-state index contributed by atoms with van der Waals surface area (Å²) in [6, 6.07) is 5.79. The highest BCUT2D eigenvalue weighted by atomic mass is 32.2. The smallest absolute Gasteiger partial charge is 0.257 e. The van der Waals surface area contributed by atoms with Crippen molar-refractivity contribution >= 4 is 32.4 Å². The fourth-order valence-electron chi connectivity index (χ4n) is 3.47. The Kier molecular flexibility index (Phi) is 7.62. The third-order valence-corrected chi connectivity index (χ3v) is 7.71. The second kappa shape index (κ2) is 10.00. The number of aromatic nitrogens is 1. The molecule has 1 aliphatic rings. The number of benzene rings is 1. The highest BCUT2D eigenvalue weighted by Crippen LogP contribution is 2.21. The summed E-state index contributed by atoms with van der Waals surface area (Å²) in [5, 5.41) is 5.34. The van der Waals surface area contributed by atoms with Crippen LogP contribution in [0, 0.1) is 5.92 Å². The molecule has 0 bridgehead atoms. The van der Waals surface area contributed by atoms with Gasteiger partial charge in [-0.1, -0.05) is 13.8 Å². The van der Waals surface area contributed by atoms with Gasteiger partial charge >= 0.3 is 0 Å². The van der Waals surface area contributed by atoms with Crippen molar-refractivity contribution in [3.05, 3.63) is 40.9 Å². The molecule has 2 atom stereocenters. The van der Waals surface area contributed by atoms with Crippen molar-refractivity contribution in [2.45, 2.75) is 57.5 Å². The lowest BCUT2D eigenvalue weighted by Gasteiger charge is -2.30. The molecule has 2 aromatic rings. The zero-order valence-corrected chi connectivity index (χ0v) is 19.4. The maximum atomic E-state index is 12.5. The van der Waals surface area contributed by atoms with Crippen LogP contribution < -0.4 is 10.0 Å². The number of carbonyl (C=O) groups excluding carboxylic acids is 1. The number of thiazole rings is 1. The van der Waals surface area contributed by atoms with Crippen LogP contribution >= 0.6 is 11.3 Å². The first-order chi connectivity index (χ1) is 14.3. The number of hydrogen-bond acceptors (Lipinski definition) is 6. The van der Waals surface area contributed by atoms with Crippen LogP contribution in [0.3, 0.4) is 0 Å². The van der Waals surface area contributed by atoms with Gasteiger partial charge in [0.05, 0.1) is 10.6 Å². The van der Waals surface area contributed by atoms with Crippen LogP contribution in [0.15, 0.2) is 34.5 Å². The molecule has 0 aliphatic carbocycles. The number of hydrogen-bond donors (Lipinski definition) is 2. The standard InChI is InChI=1S/C21H30N4O3S2/c1-4-16(3)24-30(27,28)19-9-7-17(8-10-19)20(26)23-21-22-18(14-29-21)13-25-11-5-6-15(2)12-25/h7-10,14-16,24H,4-6,11-13H2,1-3H3,(H,22,23,26). The normalized spacial score (nSPS) is 18.8. The Morgan fingerprint density at radius 2 is 2.07 bits per heavy atom. The van der Waals surface area contributed by atoms with E-state index in [0.29, 0.717) is 23.0 Å². The van der Waals surface area contributed by atoms with Crippen molar-refractivity contribution in [3.63, 3.8) is 0 Å². The molecule has 1 amide bonds. The maximum Gasteiger partial charge on any atom is 0.257 e. The average molecular weight is 451 g/mol. The Balaban J connectivity index is 1.59. The number of likely N-dealkylation sites (tertiary alicyclic amines) is 1. The number of anilines is 1. The van der Waals surface area contributed by atoms with Gasteiger partial charge in [0, 0.05) is 30.1 Å². The highest BCUT2D eigenvalue weighted by molar-refractivity contribution is 7.89. The van der Waals surface area contributed by atoms with Gasteiger partial charge in [0.15, 0.2) is 5.13 Å². The van der Waals surface area contributed by atoms with Crippen LogP contribution in [0.1, 0.15) is 56.1 Å². The molecule has 1 fully saturated rings. The predicted molar refractivity (Wildman–Crippen MR) is 120 cm³/mol. The summed E-state index contributed by atoms with van der Waals surface area (Å²) in [5.74, 6) is 0.407. The molecule has 0 spiro atoms. The lowest BCUT2D eigenvalue weighted by molar-refractivity contribution is 0.102. The fourth-order valence-corrected chi connectivity index (χ4v) is 5.49. The van der Waals surface area contributed by atoms with Crippen molar-refractivity contribution < 1.29 is 13.2 Å². The third kappa shape index (κ3) is 6.10. The zero-order chi connectivity index (χ0) is 21.7. The number of rotatable bonds is 8. The van der Waals surface area contributed by atoms with Gasteiger partial charge in [-0.3, -0.25) is 15.0 Å². The molecule has 1 aromatic heterocycles. The van der Waals surface area contributed by atoms with Crippen molar-refractivity contribution in [3.8, 4) is 0 Å². The number of nitrogens with zero attached hydrogens (tertiary/aromatic N) is 2. The molecule has 7 nitrogen and oxygen atoms in total. The highest BCUT2D eigenvalue weighted by Gasteiger charge is 2.19. The Hall–Kier alpha value is -1.81. The molecule has 3 rings (SSSR count). The van der Waals surface area contributed by atoms with Gasteiger partial charge in [-0.05, 0) is 62.9 Å². The maximum absolute atomic E-state index is 12.5. The van der Waals surface area contributed by atoms with Crippen molar-refractivity contribution in [1.29, 1.82) is 0 Å². The number of nitrogens with one attached hydrogen (secondary N) is 2. The summed E-state index contributed by atoms with van der Waals surface area (Å²) in [7, 11) is -3.58. The van der Waals surface area contributed by atoms with E-state index in [1.807, 2.05) is 19.2 Å². The van der Waals surface area contributed by atoms with Gasteiger partial charge in [-0.25, -0.2) is 18.1 Å². The van der Waals surface area contributed by atoms with E-state index in [9.17, 15) is 13.2 Å². The quantitative estimate of drug-likeness (QED) is 0.640. The number of carbonyl (C=O) groups is 1. The van der Waals surface area contributed by atoms with Crippen LogP contribution in [0.5, 0.6) is 0 Å². The molecule has 0 radical (unpaired) electrons. The van der Waals surface area contributed by atoms with E-state index in [-0.39, 0.29) is 16.8 Å². The average Bonchev–Trinajstić information content (AvgIpc) is 3.14. The van der Waals surface area contributed by atoms with Gasteiger partial charge in [0.25, 0.3) is 5.91 Å². The van der Waals surface area contributed by atoms with E-state index in [1.54, 1.807) is 0 Å². The fraction of sp³-hybridized carbons (Fsp3) is 0.524. The summed E-state index contributed by atoms with van der Waals surface area (Å²) in [5.41, 5.74) is 1.35. The topological polar surface area (TPSA) is 91.4 Å². The number of amides is 1. The first-order valence-corrected chi connectivity index (χ1v) is 12.7. The van der Waals surface area contributed by atoms with Crippen molar-refractivity contribution in [1.82, 2.24) is 14.6 Å². The van der Waals surface area contributed by atoms with E-state index in [4.69, 9.17) is 0 Å². The second-order valence-electron chi connectivity index (χ2n) is 8.04. The minimum Gasteiger partial charge on any atom is -0.298 e. The van der Waals surface area contributed by atoms with Crippen LogP contribution in [-0.2, 0) is 16.6 Å². The van der Waals surface area contributed by atoms with Crippen LogP contribution in [-0.4, -0.2) is 43.3 Å². The molecule has 1 aromatic carbocycles. The lowest BCUT2D eigenvalue weighted by atomic mass is 10.0. The minimum atomic E-state index is -3.58. The molecule has 2 N–H and O–H groups in total. The molecule has 1 saturated heterocycles. The Bertz CT molecular complexity index is 957. The zero-order valence-electron chi connectivity index (χ0n) is 17.7. The van der Waals surface area contributed by atoms with Crippen LogP contribution in [0.2, 0.25) is 0 Å². The summed E-state index contributed by atoms with van der Waals surface area (Å²) < 4.78 is 27.3. The Labute approximate surface area is 183 Å². The van der Waals surface area contributed by atoms with E-state index in [1.165, 1.54) is 48.4 Å². The van der Waals surface area contributed by atoms with Crippen molar-refractivity contribution in [2.24, 2.45) is 5.92 Å². The molecular weight excluding hydrogens is 420 g/mol. The monoisotopic (exact) mass is 450 g/mol. The number of piperidine rings is 1. The van der Waals surface area contributed by atoms with E-state index in [0.717, 1.165) is 25.3 Å². The summed E-state index contributed by atoms with van der Waals surface area (Å²) in [6.45, 7) is 8.97. The summed E-state index contributed by atoms with van der Waals surface area (Å²) >= 11 is 1.40. The molecule has 164 valence electrons. The molecule has 30 heavy (non-hydrogen) atoms. The Morgan fingerprint density at radius 3 is 2.73 bits per heavy atom. The SMILES string of the molecule is CCC(C)NS(=O)(=O)c1ccc(C(=O)Nc2nc(CN3CCCC(C)C3)cs2)cc1. The molecule has 9 heteroatoms. The van der Waals surface area contributed by atoms with E-state index in [2.05, 4.69) is 26.8 Å². The first kappa shape index (κ1) is 22.9. The molecule has 2 unspecified atom stereocenters. The van der Waals surface area contributed by atoms with Crippen LogP contribution in [0.25, 0.3) is 0 Å². The second-order valence-corrected chi connectivity index (χ2v) is 10.6. The largest absolute Gasteiger partial charge is 0.298 e.